The zero-order valence-corrected chi connectivity index (χ0v) is 16.2. The van der Waals surface area contributed by atoms with Crippen molar-refractivity contribution in [2.24, 2.45) is 0 Å². The summed E-state index contributed by atoms with van der Waals surface area (Å²) in [5.41, 5.74) is 1.90. The van der Waals surface area contributed by atoms with Crippen LogP contribution in [-0.2, 0) is 0 Å². The van der Waals surface area contributed by atoms with Gasteiger partial charge in [-0.3, -0.25) is 10.1 Å². The second-order valence-electron chi connectivity index (χ2n) is 5.47. The van der Waals surface area contributed by atoms with Crippen molar-refractivity contribution in [1.82, 2.24) is 4.98 Å². The van der Waals surface area contributed by atoms with Gasteiger partial charge in [-0.1, -0.05) is 11.6 Å². The van der Waals surface area contributed by atoms with Crippen LogP contribution < -0.4 is 14.8 Å². The van der Waals surface area contributed by atoms with Gasteiger partial charge in [0, 0.05) is 10.9 Å². The van der Waals surface area contributed by atoms with Gasteiger partial charge in [-0.2, -0.15) is 0 Å². The molecule has 6 nitrogen and oxygen atoms in total. The van der Waals surface area contributed by atoms with Crippen LogP contribution in [-0.4, -0.2) is 25.1 Å². The molecule has 3 aromatic rings. The van der Waals surface area contributed by atoms with Crippen molar-refractivity contribution in [2.45, 2.75) is 13.8 Å². The molecule has 0 saturated carbocycles. The van der Waals surface area contributed by atoms with Gasteiger partial charge < -0.3 is 13.9 Å². The maximum absolute atomic E-state index is 12.5. The molecule has 26 heavy (non-hydrogen) atoms. The van der Waals surface area contributed by atoms with Crippen molar-refractivity contribution in [3.8, 4) is 22.8 Å². The van der Waals surface area contributed by atoms with Crippen molar-refractivity contribution in [1.29, 1.82) is 0 Å². The first-order valence-electron chi connectivity index (χ1n) is 7.69. The van der Waals surface area contributed by atoms with Gasteiger partial charge in [0.05, 0.1) is 30.5 Å². The standard InChI is InChI=1S/C18H17ClN2O4S/c1-9-15(16(19)10(2)25-9)17(22)21-18-20-12(8-26-18)11-5-6-13(23-3)14(7-11)24-4/h5-8H,1-4H3,(H,20,21,22). The fraction of sp³-hybridized carbons (Fsp3) is 0.222. The van der Waals surface area contributed by atoms with E-state index in [1.165, 1.54) is 11.3 Å². The number of nitrogens with one attached hydrogen (secondary N) is 1. The third-order valence-electron chi connectivity index (χ3n) is 3.82. The number of carbonyl (C=O) groups excluding carboxylic acids is 1. The van der Waals surface area contributed by atoms with Crippen LogP contribution in [0.25, 0.3) is 11.3 Å². The van der Waals surface area contributed by atoms with Crippen LogP contribution in [0.1, 0.15) is 21.9 Å². The van der Waals surface area contributed by atoms with Gasteiger partial charge in [0.1, 0.15) is 11.5 Å². The van der Waals surface area contributed by atoms with E-state index in [-0.39, 0.29) is 5.91 Å². The molecule has 3 rings (SSSR count). The van der Waals surface area contributed by atoms with Crippen molar-refractivity contribution in [3.63, 3.8) is 0 Å². The van der Waals surface area contributed by atoms with E-state index in [0.717, 1.165) is 11.3 Å². The number of halogens is 1. The highest BCUT2D eigenvalue weighted by molar-refractivity contribution is 7.14. The molecule has 1 N–H and O–H groups in total. The summed E-state index contributed by atoms with van der Waals surface area (Å²) in [5.74, 6) is 1.89. The minimum Gasteiger partial charge on any atom is -0.493 e. The Kier molecular flexibility index (Phi) is 5.20. The molecule has 0 aliphatic carbocycles. The van der Waals surface area contributed by atoms with Gasteiger partial charge in [0.15, 0.2) is 16.6 Å². The molecule has 0 unspecified atom stereocenters. The monoisotopic (exact) mass is 392 g/mol. The summed E-state index contributed by atoms with van der Waals surface area (Å²) in [5, 5.41) is 5.40. The summed E-state index contributed by atoms with van der Waals surface area (Å²) in [4.78, 5) is 16.9. The Morgan fingerprint density at radius 3 is 2.54 bits per heavy atom. The fourth-order valence-corrected chi connectivity index (χ4v) is 3.51. The van der Waals surface area contributed by atoms with E-state index < -0.39 is 0 Å². The Morgan fingerprint density at radius 2 is 1.92 bits per heavy atom. The van der Waals surface area contributed by atoms with Gasteiger partial charge in [-0.15, -0.1) is 11.3 Å². The van der Waals surface area contributed by atoms with Crippen molar-refractivity contribution >= 4 is 34.0 Å². The van der Waals surface area contributed by atoms with Crippen LogP contribution in [0.5, 0.6) is 11.5 Å². The number of hydrogen-bond donors (Lipinski definition) is 1. The van der Waals surface area contributed by atoms with Crippen LogP contribution in [0.3, 0.4) is 0 Å². The fourth-order valence-electron chi connectivity index (χ4n) is 2.53. The zero-order chi connectivity index (χ0) is 18.8. The van der Waals surface area contributed by atoms with E-state index in [0.29, 0.717) is 38.7 Å². The number of nitrogens with zero attached hydrogens (tertiary/aromatic N) is 1. The second-order valence-corrected chi connectivity index (χ2v) is 6.70. The van der Waals surface area contributed by atoms with Crippen molar-refractivity contribution in [2.75, 3.05) is 19.5 Å². The number of ether oxygens (including phenoxy) is 2. The molecule has 136 valence electrons. The zero-order valence-electron chi connectivity index (χ0n) is 14.7. The number of methoxy groups -OCH3 is 2. The Balaban J connectivity index is 1.83. The smallest absolute Gasteiger partial charge is 0.262 e. The number of benzene rings is 1. The van der Waals surface area contributed by atoms with Gasteiger partial charge in [-0.25, -0.2) is 4.98 Å². The predicted octanol–water partition coefficient (Wildman–Crippen LogP) is 4.94. The minimum absolute atomic E-state index is 0.316. The van der Waals surface area contributed by atoms with E-state index in [1.807, 2.05) is 23.6 Å². The number of anilines is 1. The topological polar surface area (TPSA) is 73.6 Å². The highest BCUT2D eigenvalue weighted by Crippen LogP contribution is 2.34. The number of rotatable bonds is 5. The average Bonchev–Trinajstić information content (AvgIpc) is 3.18. The average molecular weight is 393 g/mol. The summed E-state index contributed by atoms with van der Waals surface area (Å²) in [6.45, 7) is 3.41. The summed E-state index contributed by atoms with van der Waals surface area (Å²) in [6, 6.07) is 5.52. The first-order valence-corrected chi connectivity index (χ1v) is 8.95. The van der Waals surface area contributed by atoms with E-state index in [1.54, 1.807) is 28.1 Å². The molecular formula is C18H17ClN2O4S. The maximum Gasteiger partial charge on any atom is 0.262 e. The van der Waals surface area contributed by atoms with Crippen LogP contribution in [0.4, 0.5) is 5.13 Å². The Bertz CT molecular complexity index is 964. The maximum atomic E-state index is 12.5. The Hall–Kier alpha value is -2.51. The van der Waals surface area contributed by atoms with Crippen LogP contribution >= 0.6 is 22.9 Å². The van der Waals surface area contributed by atoms with Crippen molar-refractivity contribution < 1.29 is 18.7 Å². The molecule has 0 radical (unpaired) electrons. The van der Waals surface area contributed by atoms with Gasteiger partial charge in [0.2, 0.25) is 0 Å². The lowest BCUT2D eigenvalue weighted by Gasteiger charge is -2.08. The lowest BCUT2D eigenvalue weighted by Crippen LogP contribution is -2.12. The Labute approximate surface area is 159 Å². The van der Waals surface area contributed by atoms with Gasteiger partial charge >= 0.3 is 0 Å². The molecular weight excluding hydrogens is 376 g/mol. The molecule has 0 fully saturated rings. The molecule has 0 atom stereocenters. The molecule has 2 aromatic heterocycles. The molecule has 0 bridgehead atoms. The largest absolute Gasteiger partial charge is 0.493 e. The molecule has 0 aliphatic rings. The minimum atomic E-state index is -0.349. The second kappa shape index (κ2) is 7.39. The number of aromatic nitrogens is 1. The van der Waals surface area contributed by atoms with Gasteiger partial charge in [0.25, 0.3) is 5.91 Å². The lowest BCUT2D eigenvalue weighted by atomic mass is 10.1. The SMILES string of the molecule is COc1ccc(-c2csc(NC(=O)c3c(C)oc(C)c3Cl)n2)cc1OC. The van der Waals surface area contributed by atoms with E-state index in [4.69, 9.17) is 25.5 Å². The Morgan fingerprint density at radius 1 is 1.19 bits per heavy atom. The first-order chi connectivity index (χ1) is 12.4. The number of furan rings is 1. The first kappa shape index (κ1) is 18.3. The molecule has 2 heterocycles. The van der Waals surface area contributed by atoms with Gasteiger partial charge in [-0.05, 0) is 32.0 Å². The van der Waals surface area contributed by atoms with E-state index >= 15 is 0 Å². The van der Waals surface area contributed by atoms with Crippen LogP contribution in [0.2, 0.25) is 5.02 Å². The predicted molar refractivity (Wildman–Crippen MR) is 102 cm³/mol. The number of thiazole rings is 1. The molecule has 0 saturated heterocycles. The quantitative estimate of drug-likeness (QED) is 0.665. The molecule has 1 aromatic carbocycles. The van der Waals surface area contributed by atoms with Crippen LogP contribution in [0, 0.1) is 13.8 Å². The third kappa shape index (κ3) is 3.40. The molecule has 0 aliphatic heterocycles. The summed E-state index contributed by atoms with van der Waals surface area (Å²) >= 11 is 7.46. The van der Waals surface area contributed by atoms with Crippen LogP contribution in [0.15, 0.2) is 28.0 Å². The van der Waals surface area contributed by atoms with Crippen molar-refractivity contribution in [3.05, 3.63) is 45.7 Å². The third-order valence-corrected chi connectivity index (χ3v) is 5.03. The summed E-state index contributed by atoms with van der Waals surface area (Å²) < 4.78 is 15.9. The van der Waals surface area contributed by atoms with E-state index in [2.05, 4.69) is 10.3 Å². The molecule has 1 amide bonds. The summed E-state index contributed by atoms with van der Waals surface area (Å²) in [6.07, 6.45) is 0. The molecule has 8 heteroatoms. The highest BCUT2D eigenvalue weighted by atomic mass is 35.5. The normalized spacial score (nSPS) is 10.7. The van der Waals surface area contributed by atoms with E-state index in [9.17, 15) is 4.79 Å². The lowest BCUT2D eigenvalue weighted by molar-refractivity contribution is 0.102. The molecule has 0 spiro atoms. The number of carbonyl (C=O) groups is 1. The number of hydrogen-bond acceptors (Lipinski definition) is 6. The highest BCUT2D eigenvalue weighted by Gasteiger charge is 2.21. The number of aryl methyl sites for hydroxylation is 2. The summed E-state index contributed by atoms with van der Waals surface area (Å²) in [7, 11) is 3.16. The number of amides is 1.